The molecule has 1 amide bonds. The van der Waals surface area contributed by atoms with Gasteiger partial charge in [0.2, 0.25) is 0 Å². The maximum Gasteiger partial charge on any atom is 0.329 e. The molecule has 106 valence electrons. The molecule has 1 aromatic heterocycles. The third-order valence-electron chi connectivity index (χ3n) is 2.65. The summed E-state index contributed by atoms with van der Waals surface area (Å²) in [6, 6.07) is 7.34. The Morgan fingerprint density at radius 2 is 2.15 bits per heavy atom. The van der Waals surface area contributed by atoms with Crippen LogP contribution in [0.15, 0.2) is 28.7 Å². The van der Waals surface area contributed by atoms with Crippen molar-refractivity contribution in [1.82, 2.24) is 5.32 Å². The second kappa shape index (κ2) is 6.21. The van der Waals surface area contributed by atoms with Gasteiger partial charge < -0.3 is 19.6 Å². The summed E-state index contributed by atoms with van der Waals surface area (Å²) in [6.45, 7) is 1.95. The number of hydrogen-bond donors (Lipinski definition) is 2. The summed E-state index contributed by atoms with van der Waals surface area (Å²) in [5.41, 5.74) is 1.75. The molecule has 6 nitrogen and oxygen atoms in total. The van der Waals surface area contributed by atoms with Crippen LogP contribution in [-0.4, -0.2) is 36.7 Å². The molecule has 0 saturated heterocycles. The Kier molecular flexibility index (Phi) is 4.37. The number of carbonyl (C=O) groups excluding carboxylic acids is 1. The number of nitrogens with one attached hydrogen (secondary N) is 1. The van der Waals surface area contributed by atoms with Gasteiger partial charge in [0.05, 0.1) is 6.61 Å². The van der Waals surface area contributed by atoms with Crippen LogP contribution in [0.25, 0.3) is 11.0 Å². The lowest BCUT2D eigenvalue weighted by Crippen LogP contribution is -2.27. The van der Waals surface area contributed by atoms with Crippen LogP contribution < -0.4 is 5.32 Å². The Balaban J connectivity index is 1.89. The van der Waals surface area contributed by atoms with E-state index in [1.807, 2.05) is 25.1 Å². The van der Waals surface area contributed by atoms with Gasteiger partial charge in [-0.25, -0.2) is 4.79 Å². The number of rotatable bonds is 6. The molecule has 2 rings (SSSR count). The second-order valence-corrected chi connectivity index (χ2v) is 4.35. The highest BCUT2D eigenvalue weighted by Gasteiger charge is 2.11. The molecule has 2 aromatic rings. The number of furan rings is 1. The number of carboxylic acid groups (broad SMARTS) is 1. The molecule has 0 radical (unpaired) electrons. The molecule has 0 bridgehead atoms. The fourth-order valence-corrected chi connectivity index (χ4v) is 1.76. The smallest absolute Gasteiger partial charge is 0.329 e. The summed E-state index contributed by atoms with van der Waals surface area (Å²) < 4.78 is 10.2. The fraction of sp³-hybridized carbons (Fsp3) is 0.286. The molecule has 0 aliphatic rings. The van der Waals surface area contributed by atoms with Crippen LogP contribution in [-0.2, 0) is 9.53 Å². The molecule has 2 N–H and O–H groups in total. The Morgan fingerprint density at radius 1 is 1.35 bits per heavy atom. The largest absolute Gasteiger partial charge is 0.480 e. The highest BCUT2D eigenvalue weighted by atomic mass is 16.5. The van der Waals surface area contributed by atoms with Gasteiger partial charge >= 0.3 is 5.97 Å². The molecule has 0 unspecified atom stereocenters. The summed E-state index contributed by atoms with van der Waals surface area (Å²) in [4.78, 5) is 22.0. The number of carbonyl (C=O) groups is 2. The average Bonchev–Trinajstić information content (AvgIpc) is 2.80. The first kappa shape index (κ1) is 14.1. The van der Waals surface area contributed by atoms with E-state index in [4.69, 9.17) is 14.3 Å². The predicted molar refractivity (Wildman–Crippen MR) is 71.7 cm³/mol. The van der Waals surface area contributed by atoms with Crippen molar-refractivity contribution in [1.29, 1.82) is 0 Å². The minimum Gasteiger partial charge on any atom is -0.480 e. The minimum atomic E-state index is -1.04. The zero-order chi connectivity index (χ0) is 14.5. The number of hydrogen-bond acceptors (Lipinski definition) is 4. The van der Waals surface area contributed by atoms with Gasteiger partial charge in [-0.15, -0.1) is 0 Å². The quantitative estimate of drug-likeness (QED) is 0.782. The lowest BCUT2D eigenvalue weighted by molar-refractivity contribution is -0.142. The third kappa shape index (κ3) is 3.58. The van der Waals surface area contributed by atoms with E-state index >= 15 is 0 Å². The molecule has 0 saturated carbocycles. The summed E-state index contributed by atoms with van der Waals surface area (Å²) >= 11 is 0. The lowest BCUT2D eigenvalue weighted by Gasteiger charge is -2.02. The van der Waals surface area contributed by atoms with Crippen LogP contribution in [0.1, 0.15) is 16.1 Å². The van der Waals surface area contributed by atoms with Gasteiger partial charge in [0.1, 0.15) is 12.2 Å². The Morgan fingerprint density at radius 3 is 2.90 bits per heavy atom. The average molecular weight is 277 g/mol. The highest BCUT2D eigenvalue weighted by molar-refractivity contribution is 5.96. The first-order valence-electron chi connectivity index (χ1n) is 6.14. The number of aryl methyl sites for hydroxylation is 1. The van der Waals surface area contributed by atoms with Crippen molar-refractivity contribution in [3.8, 4) is 0 Å². The maximum absolute atomic E-state index is 11.8. The van der Waals surface area contributed by atoms with Gasteiger partial charge in [0.15, 0.2) is 5.76 Å². The zero-order valence-electron chi connectivity index (χ0n) is 11.0. The number of ether oxygens (including phenoxy) is 1. The predicted octanol–water partition coefficient (Wildman–Crippen LogP) is 1.57. The van der Waals surface area contributed by atoms with Gasteiger partial charge in [0, 0.05) is 11.9 Å². The molecule has 0 aliphatic heterocycles. The Labute approximate surface area is 115 Å². The van der Waals surface area contributed by atoms with Gasteiger partial charge in [-0.3, -0.25) is 4.79 Å². The van der Waals surface area contributed by atoms with Crippen LogP contribution >= 0.6 is 0 Å². The lowest BCUT2D eigenvalue weighted by atomic mass is 10.2. The van der Waals surface area contributed by atoms with E-state index in [1.165, 1.54) is 0 Å². The van der Waals surface area contributed by atoms with Crippen molar-refractivity contribution in [2.45, 2.75) is 6.92 Å². The molecule has 0 atom stereocenters. The fourth-order valence-electron chi connectivity index (χ4n) is 1.76. The topological polar surface area (TPSA) is 88.8 Å². The Bertz CT molecular complexity index is 632. The minimum absolute atomic E-state index is 0.136. The van der Waals surface area contributed by atoms with Crippen LogP contribution in [0, 0.1) is 6.92 Å². The number of fused-ring (bicyclic) bond motifs is 1. The van der Waals surface area contributed by atoms with Crippen molar-refractivity contribution >= 4 is 22.8 Å². The number of amides is 1. The molecular formula is C14H15NO5. The molecule has 1 aromatic carbocycles. The summed E-state index contributed by atoms with van der Waals surface area (Å²) in [5.74, 6) is -1.16. The van der Waals surface area contributed by atoms with E-state index in [9.17, 15) is 9.59 Å². The normalized spacial score (nSPS) is 10.7. The SMILES string of the molecule is Cc1ccc2oc(C(=O)NCCOCC(=O)O)cc2c1. The molecule has 6 heteroatoms. The van der Waals surface area contributed by atoms with Gasteiger partial charge in [-0.05, 0) is 25.1 Å². The van der Waals surface area contributed by atoms with Gasteiger partial charge in [-0.1, -0.05) is 11.6 Å². The molecular weight excluding hydrogens is 262 g/mol. The molecule has 0 fully saturated rings. The molecule has 1 heterocycles. The zero-order valence-corrected chi connectivity index (χ0v) is 11.0. The second-order valence-electron chi connectivity index (χ2n) is 4.35. The maximum atomic E-state index is 11.8. The monoisotopic (exact) mass is 277 g/mol. The van der Waals surface area contributed by atoms with E-state index in [0.29, 0.717) is 5.58 Å². The molecule has 20 heavy (non-hydrogen) atoms. The van der Waals surface area contributed by atoms with Crippen LogP contribution in [0.3, 0.4) is 0 Å². The number of benzene rings is 1. The Hall–Kier alpha value is -2.34. The third-order valence-corrected chi connectivity index (χ3v) is 2.65. The van der Waals surface area contributed by atoms with Crippen molar-refractivity contribution in [2.24, 2.45) is 0 Å². The van der Waals surface area contributed by atoms with E-state index in [2.05, 4.69) is 5.32 Å². The van der Waals surface area contributed by atoms with Crippen LogP contribution in [0.2, 0.25) is 0 Å². The standard InChI is InChI=1S/C14H15NO5/c1-9-2-3-11-10(6-9)7-12(20-11)14(18)15-4-5-19-8-13(16)17/h2-3,6-7H,4-5,8H2,1H3,(H,15,18)(H,16,17). The molecule has 0 aliphatic carbocycles. The van der Waals surface area contributed by atoms with Gasteiger partial charge in [0.25, 0.3) is 5.91 Å². The van der Waals surface area contributed by atoms with E-state index in [0.717, 1.165) is 10.9 Å². The summed E-state index contributed by atoms with van der Waals surface area (Å²) in [5, 5.41) is 11.8. The van der Waals surface area contributed by atoms with Crippen molar-refractivity contribution in [3.05, 3.63) is 35.6 Å². The van der Waals surface area contributed by atoms with E-state index < -0.39 is 5.97 Å². The van der Waals surface area contributed by atoms with Crippen molar-refractivity contribution in [3.63, 3.8) is 0 Å². The number of aliphatic carboxylic acids is 1. The first-order valence-corrected chi connectivity index (χ1v) is 6.14. The highest BCUT2D eigenvalue weighted by Crippen LogP contribution is 2.20. The number of carboxylic acids is 1. The van der Waals surface area contributed by atoms with Crippen molar-refractivity contribution in [2.75, 3.05) is 19.8 Å². The van der Waals surface area contributed by atoms with Crippen LogP contribution in [0.5, 0.6) is 0 Å². The summed E-state index contributed by atoms with van der Waals surface area (Å²) in [7, 11) is 0. The first-order chi connectivity index (χ1) is 9.56. The summed E-state index contributed by atoms with van der Waals surface area (Å²) in [6.07, 6.45) is 0. The van der Waals surface area contributed by atoms with E-state index in [-0.39, 0.29) is 31.4 Å². The van der Waals surface area contributed by atoms with Gasteiger partial charge in [-0.2, -0.15) is 0 Å². The van der Waals surface area contributed by atoms with Crippen molar-refractivity contribution < 1.29 is 23.8 Å². The van der Waals surface area contributed by atoms with Crippen LogP contribution in [0.4, 0.5) is 0 Å². The van der Waals surface area contributed by atoms with E-state index in [1.54, 1.807) is 6.07 Å². The molecule has 0 spiro atoms.